The van der Waals surface area contributed by atoms with Crippen LogP contribution in [0.1, 0.15) is 13.8 Å². The van der Waals surface area contributed by atoms with Crippen molar-refractivity contribution in [1.82, 2.24) is 0 Å². The molecule has 166 valence electrons. The van der Waals surface area contributed by atoms with Crippen LogP contribution in [0.2, 0.25) is 0 Å². The molecule has 31 heavy (non-hydrogen) atoms. The van der Waals surface area contributed by atoms with Crippen LogP contribution in [0.3, 0.4) is 0 Å². The lowest BCUT2D eigenvalue weighted by Gasteiger charge is -2.31. The summed E-state index contributed by atoms with van der Waals surface area (Å²) in [6, 6.07) is 8.69. The van der Waals surface area contributed by atoms with Gasteiger partial charge in [-0.3, -0.25) is 10.1 Å². The van der Waals surface area contributed by atoms with Gasteiger partial charge in [0.1, 0.15) is 11.5 Å². The number of carbonyl (C=O) groups excluding carboxylic acids is 1. The van der Waals surface area contributed by atoms with Gasteiger partial charge in [0, 0.05) is 43.0 Å². The largest absolute Gasteiger partial charge is 0.492 e. The number of nitro benzene ring substituents is 1. The number of hydrogen-bond acceptors (Lipinski definition) is 7. The van der Waals surface area contributed by atoms with Crippen molar-refractivity contribution < 1.29 is 23.9 Å². The van der Waals surface area contributed by atoms with Gasteiger partial charge in [0.05, 0.1) is 42.7 Å². The first kappa shape index (κ1) is 22.2. The van der Waals surface area contributed by atoms with Gasteiger partial charge >= 0.3 is 6.03 Å². The van der Waals surface area contributed by atoms with Gasteiger partial charge in [-0.1, -0.05) is 0 Å². The number of nitro groups is 1. The van der Waals surface area contributed by atoms with E-state index in [-0.39, 0.29) is 5.69 Å². The standard InChI is InChI=1S/C21H26N4O6/c1-3-30-19-14-18(24-9-11-29-12-10-24)20(31-4-2)13-17(19)23-21(26)22-15-5-7-16(8-6-15)25(27)28/h5-8,13-14H,3-4,9-12H2,1-2H3,(H2,22,23,26). The Hall–Kier alpha value is -3.53. The molecule has 2 aromatic rings. The maximum absolute atomic E-state index is 12.5. The summed E-state index contributed by atoms with van der Waals surface area (Å²) in [7, 11) is 0. The van der Waals surface area contributed by atoms with Crippen molar-refractivity contribution in [2.24, 2.45) is 0 Å². The van der Waals surface area contributed by atoms with Crippen LogP contribution in [0, 0.1) is 10.1 Å². The van der Waals surface area contributed by atoms with E-state index in [1.807, 2.05) is 19.9 Å². The molecule has 2 N–H and O–H groups in total. The molecule has 1 aliphatic rings. The first-order chi connectivity index (χ1) is 15.0. The summed E-state index contributed by atoms with van der Waals surface area (Å²) in [5, 5.41) is 16.2. The summed E-state index contributed by atoms with van der Waals surface area (Å²) in [6.07, 6.45) is 0. The lowest BCUT2D eigenvalue weighted by Crippen LogP contribution is -2.36. The van der Waals surface area contributed by atoms with Gasteiger partial charge in [0.2, 0.25) is 0 Å². The van der Waals surface area contributed by atoms with Gasteiger partial charge in [0.25, 0.3) is 5.69 Å². The molecule has 0 atom stereocenters. The normalized spacial score (nSPS) is 13.4. The minimum atomic E-state index is -0.503. The number of non-ortho nitro benzene ring substituents is 1. The van der Waals surface area contributed by atoms with E-state index in [1.54, 1.807) is 6.07 Å². The summed E-state index contributed by atoms with van der Waals surface area (Å²) < 4.78 is 17.0. The molecular weight excluding hydrogens is 404 g/mol. The Labute approximate surface area is 180 Å². The van der Waals surface area contributed by atoms with Crippen LogP contribution in [0.5, 0.6) is 11.5 Å². The Morgan fingerprint density at radius 1 is 1.06 bits per heavy atom. The predicted octanol–water partition coefficient (Wildman–Crippen LogP) is 3.87. The maximum atomic E-state index is 12.5. The molecule has 0 aliphatic carbocycles. The molecular formula is C21H26N4O6. The van der Waals surface area contributed by atoms with Crippen LogP contribution in [0.4, 0.5) is 27.5 Å². The van der Waals surface area contributed by atoms with E-state index in [1.165, 1.54) is 24.3 Å². The van der Waals surface area contributed by atoms with Crippen LogP contribution in [-0.2, 0) is 4.74 Å². The second kappa shape index (κ2) is 10.5. The molecule has 0 saturated carbocycles. The lowest BCUT2D eigenvalue weighted by atomic mass is 10.2. The Kier molecular flexibility index (Phi) is 7.50. The molecule has 10 heteroatoms. The molecule has 0 bridgehead atoms. The van der Waals surface area contributed by atoms with Crippen LogP contribution in [-0.4, -0.2) is 50.5 Å². The zero-order valence-electron chi connectivity index (χ0n) is 17.6. The van der Waals surface area contributed by atoms with E-state index in [0.717, 1.165) is 18.8 Å². The predicted molar refractivity (Wildman–Crippen MR) is 118 cm³/mol. The average molecular weight is 430 g/mol. The highest BCUT2D eigenvalue weighted by Gasteiger charge is 2.20. The van der Waals surface area contributed by atoms with Crippen molar-refractivity contribution in [3.63, 3.8) is 0 Å². The molecule has 0 radical (unpaired) electrons. The number of urea groups is 1. The minimum absolute atomic E-state index is 0.0513. The van der Waals surface area contributed by atoms with E-state index >= 15 is 0 Å². The molecule has 0 aromatic heterocycles. The van der Waals surface area contributed by atoms with Gasteiger partial charge in [-0.15, -0.1) is 0 Å². The number of morpholine rings is 1. The number of hydrogen-bond donors (Lipinski definition) is 2. The van der Waals surface area contributed by atoms with E-state index in [9.17, 15) is 14.9 Å². The summed E-state index contributed by atoms with van der Waals surface area (Å²) in [5.41, 5.74) is 1.72. The highest BCUT2D eigenvalue weighted by atomic mass is 16.6. The van der Waals surface area contributed by atoms with Gasteiger partial charge < -0.3 is 29.7 Å². The summed E-state index contributed by atoms with van der Waals surface area (Å²) in [4.78, 5) is 25.0. The molecule has 2 aromatic carbocycles. The Bertz CT molecular complexity index is 913. The van der Waals surface area contributed by atoms with E-state index < -0.39 is 11.0 Å². The number of amides is 2. The molecule has 1 heterocycles. The van der Waals surface area contributed by atoms with Crippen molar-refractivity contribution in [2.45, 2.75) is 13.8 Å². The van der Waals surface area contributed by atoms with Gasteiger partial charge in [-0.25, -0.2) is 4.79 Å². The van der Waals surface area contributed by atoms with Crippen molar-refractivity contribution >= 4 is 28.8 Å². The summed E-state index contributed by atoms with van der Waals surface area (Å²) >= 11 is 0. The lowest BCUT2D eigenvalue weighted by molar-refractivity contribution is -0.384. The van der Waals surface area contributed by atoms with Crippen molar-refractivity contribution in [3.05, 3.63) is 46.5 Å². The number of nitrogens with one attached hydrogen (secondary N) is 2. The number of nitrogens with zero attached hydrogens (tertiary/aromatic N) is 2. The number of rotatable bonds is 8. The third-order valence-corrected chi connectivity index (χ3v) is 4.60. The third kappa shape index (κ3) is 5.76. The van der Waals surface area contributed by atoms with Gasteiger partial charge in [0.15, 0.2) is 0 Å². The maximum Gasteiger partial charge on any atom is 0.323 e. The topological polar surface area (TPSA) is 115 Å². The molecule has 0 spiro atoms. The fourth-order valence-electron chi connectivity index (χ4n) is 3.20. The molecule has 2 amide bonds. The van der Waals surface area contributed by atoms with Crippen LogP contribution >= 0.6 is 0 Å². The Morgan fingerprint density at radius 2 is 1.71 bits per heavy atom. The van der Waals surface area contributed by atoms with Crippen LogP contribution in [0.25, 0.3) is 0 Å². The SMILES string of the molecule is CCOc1cc(N2CCOCC2)c(OCC)cc1NC(=O)Nc1ccc([N+](=O)[O-])cc1. The zero-order chi connectivity index (χ0) is 22.2. The molecule has 10 nitrogen and oxygen atoms in total. The van der Waals surface area contributed by atoms with Crippen molar-refractivity contribution in [3.8, 4) is 11.5 Å². The van der Waals surface area contributed by atoms with Crippen LogP contribution in [0.15, 0.2) is 36.4 Å². The highest BCUT2D eigenvalue weighted by Crippen LogP contribution is 2.39. The van der Waals surface area contributed by atoms with E-state index in [2.05, 4.69) is 15.5 Å². The number of ether oxygens (including phenoxy) is 3. The number of anilines is 3. The van der Waals surface area contributed by atoms with E-state index in [4.69, 9.17) is 14.2 Å². The van der Waals surface area contributed by atoms with Gasteiger partial charge in [-0.05, 0) is 26.0 Å². The minimum Gasteiger partial charge on any atom is -0.492 e. The second-order valence-electron chi connectivity index (χ2n) is 6.66. The molecule has 0 unspecified atom stereocenters. The highest BCUT2D eigenvalue weighted by molar-refractivity contribution is 6.01. The smallest absolute Gasteiger partial charge is 0.323 e. The summed E-state index contributed by atoms with van der Waals surface area (Å²) in [6.45, 7) is 7.40. The van der Waals surface area contributed by atoms with Crippen molar-refractivity contribution in [2.75, 3.05) is 55.1 Å². The first-order valence-corrected chi connectivity index (χ1v) is 10.1. The molecule has 3 rings (SSSR count). The monoisotopic (exact) mass is 430 g/mol. The quantitative estimate of drug-likeness (QED) is 0.482. The zero-order valence-corrected chi connectivity index (χ0v) is 17.6. The Balaban J connectivity index is 1.81. The van der Waals surface area contributed by atoms with Gasteiger partial charge in [-0.2, -0.15) is 0 Å². The first-order valence-electron chi connectivity index (χ1n) is 10.1. The van der Waals surface area contributed by atoms with Crippen LogP contribution < -0.4 is 25.0 Å². The molecule has 1 aliphatic heterocycles. The number of carbonyl (C=O) groups is 1. The third-order valence-electron chi connectivity index (χ3n) is 4.60. The second-order valence-corrected chi connectivity index (χ2v) is 6.66. The average Bonchev–Trinajstić information content (AvgIpc) is 2.76. The molecule has 1 saturated heterocycles. The van der Waals surface area contributed by atoms with E-state index in [0.29, 0.717) is 49.3 Å². The number of benzene rings is 2. The summed E-state index contributed by atoms with van der Waals surface area (Å²) in [5.74, 6) is 1.16. The fraction of sp³-hybridized carbons (Fsp3) is 0.381. The fourth-order valence-corrected chi connectivity index (χ4v) is 3.20. The van der Waals surface area contributed by atoms with Crippen molar-refractivity contribution in [1.29, 1.82) is 0 Å². The Morgan fingerprint density at radius 3 is 2.32 bits per heavy atom. The molecule has 1 fully saturated rings.